The van der Waals surface area contributed by atoms with Crippen LogP contribution in [0.4, 0.5) is 5.69 Å². The molecule has 1 fully saturated rings. The molecule has 1 N–H and O–H groups in total. The number of piperidine rings is 1. The van der Waals surface area contributed by atoms with Gasteiger partial charge < -0.3 is 19.9 Å². The van der Waals surface area contributed by atoms with Gasteiger partial charge in [0.25, 0.3) is 0 Å². The Morgan fingerprint density at radius 1 is 1.42 bits per heavy atom. The Labute approximate surface area is 156 Å². The van der Waals surface area contributed by atoms with E-state index in [2.05, 4.69) is 29.0 Å². The van der Waals surface area contributed by atoms with E-state index < -0.39 is 0 Å². The molecule has 1 saturated heterocycles. The maximum Gasteiger partial charge on any atom is 0.173 e. The van der Waals surface area contributed by atoms with Crippen LogP contribution in [0.5, 0.6) is 0 Å². The van der Waals surface area contributed by atoms with Crippen molar-refractivity contribution in [3.8, 4) is 0 Å². The fraction of sp³-hybridized carbons (Fsp3) is 0.611. The van der Waals surface area contributed by atoms with Gasteiger partial charge in [-0.25, -0.2) is 0 Å². The number of hydrogen-bond donors (Lipinski definition) is 1. The van der Waals surface area contributed by atoms with Gasteiger partial charge in [-0.1, -0.05) is 17.7 Å². The first kappa shape index (κ1) is 19.4. The van der Waals surface area contributed by atoms with Crippen LogP contribution in [0.15, 0.2) is 24.3 Å². The van der Waals surface area contributed by atoms with Crippen LogP contribution < -0.4 is 5.32 Å². The first-order valence-electron chi connectivity index (χ1n) is 8.57. The lowest BCUT2D eigenvalue weighted by molar-refractivity contribution is 0.108. The molecule has 0 spiro atoms. The average Bonchev–Trinajstić information content (AvgIpc) is 2.55. The van der Waals surface area contributed by atoms with E-state index in [-0.39, 0.29) is 0 Å². The minimum Gasteiger partial charge on any atom is -0.383 e. The number of nitrogens with zero attached hydrogens (tertiary/aromatic N) is 2. The van der Waals surface area contributed by atoms with Crippen LogP contribution >= 0.6 is 23.8 Å². The molecular formula is C18H28ClN3OS. The number of thiocarbonyl (C=S) groups is 1. The quantitative estimate of drug-likeness (QED) is 0.768. The van der Waals surface area contributed by atoms with E-state index in [1.54, 1.807) is 7.11 Å². The van der Waals surface area contributed by atoms with Crippen molar-refractivity contribution in [1.82, 2.24) is 9.80 Å². The summed E-state index contributed by atoms with van der Waals surface area (Å²) in [6.07, 6.45) is 2.25. The lowest BCUT2D eigenvalue weighted by atomic mass is 10.0. The number of ether oxygens (including phenoxy) is 1. The molecule has 0 atom stereocenters. The van der Waals surface area contributed by atoms with Gasteiger partial charge in [-0.2, -0.15) is 0 Å². The highest BCUT2D eigenvalue weighted by atomic mass is 35.5. The zero-order chi connectivity index (χ0) is 17.5. The summed E-state index contributed by atoms with van der Waals surface area (Å²) < 4.78 is 5.28. The Kier molecular flexibility index (Phi) is 7.75. The molecule has 1 aliphatic heterocycles. The van der Waals surface area contributed by atoms with Crippen molar-refractivity contribution in [2.75, 3.05) is 38.7 Å². The summed E-state index contributed by atoms with van der Waals surface area (Å²) in [5.41, 5.74) is 0.925. The third-order valence-electron chi connectivity index (χ3n) is 4.54. The fourth-order valence-corrected chi connectivity index (χ4v) is 3.66. The van der Waals surface area contributed by atoms with Crippen LogP contribution in [0, 0.1) is 0 Å². The van der Waals surface area contributed by atoms with Crippen molar-refractivity contribution < 1.29 is 4.74 Å². The Bertz CT molecular complexity index is 533. The third-order valence-corrected chi connectivity index (χ3v) is 5.11. The van der Waals surface area contributed by atoms with Gasteiger partial charge in [-0.05, 0) is 57.1 Å². The molecule has 4 nitrogen and oxygen atoms in total. The topological polar surface area (TPSA) is 27.7 Å². The molecule has 1 aromatic carbocycles. The van der Waals surface area contributed by atoms with Crippen LogP contribution in [-0.2, 0) is 4.74 Å². The molecule has 6 heteroatoms. The normalized spacial score (nSPS) is 16.4. The average molecular weight is 370 g/mol. The Morgan fingerprint density at radius 2 is 2.12 bits per heavy atom. The van der Waals surface area contributed by atoms with E-state index >= 15 is 0 Å². The largest absolute Gasteiger partial charge is 0.383 e. The van der Waals surface area contributed by atoms with Gasteiger partial charge in [-0.3, -0.25) is 0 Å². The van der Waals surface area contributed by atoms with Gasteiger partial charge in [0.2, 0.25) is 0 Å². The van der Waals surface area contributed by atoms with Gasteiger partial charge in [0.15, 0.2) is 5.11 Å². The summed E-state index contributed by atoms with van der Waals surface area (Å²) in [4.78, 5) is 4.80. The molecule has 0 radical (unpaired) electrons. The number of nitrogens with one attached hydrogen (secondary N) is 1. The van der Waals surface area contributed by atoms with E-state index in [0.29, 0.717) is 23.7 Å². The van der Waals surface area contributed by atoms with Gasteiger partial charge in [0, 0.05) is 49.5 Å². The summed E-state index contributed by atoms with van der Waals surface area (Å²) >= 11 is 11.7. The Morgan fingerprint density at radius 3 is 2.71 bits per heavy atom. The molecule has 0 aliphatic carbocycles. The van der Waals surface area contributed by atoms with Crippen LogP contribution in [0.3, 0.4) is 0 Å². The maximum absolute atomic E-state index is 6.06. The minimum absolute atomic E-state index is 0.453. The van der Waals surface area contributed by atoms with Gasteiger partial charge in [0.05, 0.1) is 6.61 Å². The molecule has 0 unspecified atom stereocenters. The van der Waals surface area contributed by atoms with Crippen LogP contribution in [0.1, 0.15) is 26.7 Å². The van der Waals surface area contributed by atoms with E-state index in [4.69, 9.17) is 28.6 Å². The van der Waals surface area contributed by atoms with Gasteiger partial charge in [-0.15, -0.1) is 0 Å². The van der Waals surface area contributed by atoms with Crippen molar-refractivity contribution in [2.45, 2.75) is 38.8 Å². The SMILES string of the molecule is COCCN(C(=S)Nc1cccc(Cl)c1)C1CCN(C(C)C)CC1. The van der Waals surface area contributed by atoms with E-state index in [9.17, 15) is 0 Å². The summed E-state index contributed by atoms with van der Waals surface area (Å²) in [5, 5.41) is 4.78. The highest BCUT2D eigenvalue weighted by Gasteiger charge is 2.27. The van der Waals surface area contributed by atoms with Crippen molar-refractivity contribution >= 4 is 34.6 Å². The Hall–Kier alpha value is -0.880. The van der Waals surface area contributed by atoms with Crippen molar-refractivity contribution in [3.05, 3.63) is 29.3 Å². The zero-order valence-corrected chi connectivity index (χ0v) is 16.4. The molecular weight excluding hydrogens is 342 g/mol. The first-order valence-corrected chi connectivity index (χ1v) is 9.36. The third kappa shape index (κ3) is 5.59. The molecule has 1 aromatic rings. The van der Waals surface area contributed by atoms with Crippen molar-refractivity contribution in [1.29, 1.82) is 0 Å². The van der Waals surface area contributed by atoms with Gasteiger partial charge >= 0.3 is 0 Å². The first-order chi connectivity index (χ1) is 11.5. The number of rotatable bonds is 6. The van der Waals surface area contributed by atoms with E-state index in [1.165, 1.54) is 0 Å². The number of halogens is 1. The molecule has 0 saturated carbocycles. The lowest BCUT2D eigenvalue weighted by Gasteiger charge is -2.41. The second kappa shape index (κ2) is 9.56. The van der Waals surface area contributed by atoms with Crippen LogP contribution in [0.2, 0.25) is 5.02 Å². The smallest absolute Gasteiger partial charge is 0.173 e. The maximum atomic E-state index is 6.06. The fourth-order valence-electron chi connectivity index (χ4n) is 3.11. The molecule has 1 aliphatic rings. The second-order valence-corrected chi connectivity index (χ2v) is 7.31. The highest BCUT2D eigenvalue weighted by molar-refractivity contribution is 7.80. The summed E-state index contributed by atoms with van der Waals surface area (Å²) in [6, 6.07) is 8.72. The summed E-state index contributed by atoms with van der Waals surface area (Å²) in [6.45, 7) is 8.22. The standard InChI is InChI=1S/C18H28ClN3OS/c1-14(2)21-9-7-17(8-10-21)22(11-12-23-3)18(24)20-16-6-4-5-15(19)13-16/h4-6,13-14,17H,7-12H2,1-3H3,(H,20,24). The minimum atomic E-state index is 0.453. The second-order valence-electron chi connectivity index (χ2n) is 6.49. The summed E-state index contributed by atoms with van der Waals surface area (Å²) in [7, 11) is 1.73. The lowest BCUT2D eigenvalue weighted by Crippen LogP contribution is -2.50. The van der Waals surface area contributed by atoms with Crippen molar-refractivity contribution in [2.24, 2.45) is 0 Å². The van der Waals surface area contributed by atoms with Crippen LogP contribution in [-0.4, -0.2) is 60.3 Å². The predicted molar refractivity (Wildman–Crippen MR) is 106 cm³/mol. The number of hydrogen-bond acceptors (Lipinski definition) is 3. The van der Waals surface area contributed by atoms with Crippen molar-refractivity contribution in [3.63, 3.8) is 0 Å². The number of likely N-dealkylation sites (tertiary alicyclic amines) is 1. The molecule has 0 amide bonds. The number of anilines is 1. The molecule has 0 bridgehead atoms. The highest BCUT2D eigenvalue weighted by Crippen LogP contribution is 2.21. The Balaban J connectivity index is 2.00. The van der Waals surface area contributed by atoms with E-state index in [1.807, 2.05) is 24.3 Å². The van der Waals surface area contributed by atoms with Crippen LogP contribution in [0.25, 0.3) is 0 Å². The molecule has 1 heterocycles. The zero-order valence-electron chi connectivity index (χ0n) is 14.8. The monoisotopic (exact) mass is 369 g/mol. The summed E-state index contributed by atoms with van der Waals surface area (Å²) in [5.74, 6) is 0. The molecule has 24 heavy (non-hydrogen) atoms. The van der Waals surface area contributed by atoms with E-state index in [0.717, 1.165) is 43.3 Å². The molecule has 134 valence electrons. The molecule has 2 rings (SSSR count). The molecule has 0 aromatic heterocycles. The number of benzene rings is 1. The number of methoxy groups -OCH3 is 1. The van der Waals surface area contributed by atoms with Gasteiger partial charge in [0.1, 0.15) is 0 Å². The predicted octanol–water partition coefficient (Wildman–Crippen LogP) is 3.86.